The molecule has 0 spiro atoms. The molecular weight excluding hydrogens is 382 g/mol. The normalized spacial score (nSPS) is 10.7. The number of carbonyl (C=O) groups excluding carboxylic acids is 1. The van der Waals surface area contributed by atoms with Gasteiger partial charge in [-0.2, -0.15) is 0 Å². The van der Waals surface area contributed by atoms with Crippen LogP contribution in [0.3, 0.4) is 0 Å². The lowest BCUT2D eigenvalue weighted by Crippen LogP contribution is -2.23. The molecule has 0 fully saturated rings. The van der Waals surface area contributed by atoms with Crippen molar-refractivity contribution < 1.29 is 4.79 Å². The number of hydrogen-bond donors (Lipinski definition) is 2. The molecule has 4 rings (SSSR count). The van der Waals surface area contributed by atoms with Crippen molar-refractivity contribution >= 4 is 28.8 Å². The van der Waals surface area contributed by atoms with Crippen LogP contribution >= 0.6 is 22.9 Å². The van der Waals surface area contributed by atoms with Crippen molar-refractivity contribution in [3.05, 3.63) is 77.0 Å². The summed E-state index contributed by atoms with van der Waals surface area (Å²) >= 11 is 7.96. The number of nitrogens with zero attached hydrogens (tertiary/aromatic N) is 3. The highest BCUT2D eigenvalue weighted by atomic mass is 35.5. The number of carbonyl (C=O) groups is 1. The lowest BCUT2D eigenvalue weighted by Gasteiger charge is -2.08. The van der Waals surface area contributed by atoms with Crippen LogP contribution in [0, 0.1) is 0 Å². The van der Waals surface area contributed by atoms with Crippen LogP contribution < -0.4 is 5.32 Å². The monoisotopic (exact) mass is 395 g/mol. The smallest absolute Gasteiger partial charge is 0.269 e. The SMILES string of the molecule is O=C(NCc1ccc(-c2cc(-c3nccs3)ccc2Cl)cn1)c1cnc[nH]1. The van der Waals surface area contributed by atoms with Crippen molar-refractivity contribution in [1.82, 2.24) is 25.3 Å². The van der Waals surface area contributed by atoms with Gasteiger partial charge in [0.25, 0.3) is 5.91 Å². The minimum Gasteiger partial charge on any atom is -0.345 e. The Morgan fingerprint density at radius 3 is 2.74 bits per heavy atom. The molecule has 0 aliphatic carbocycles. The molecular formula is C19H14ClN5OS. The van der Waals surface area contributed by atoms with E-state index in [9.17, 15) is 4.79 Å². The molecule has 0 aliphatic rings. The average Bonchev–Trinajstić information content (AvgIpc) is 3.41. The third kappa shape index (κ3) is 3.89. The molecule has 6 nitrogen and oxygen atoms in total. The Morgan fingerprint density at radius 1 is 1.15 bits per heavy atom. The van der Waals surface area contributed by atoms with Gasteiger partial charge in [0, 0.05) is 39.5 Å². The number of halogens is 1. The Kier molecular flexibility index (Phi) is 4.95. The van der Waals surface area contributed by atoms with Crippen LogP contribution in [0.5, 0.6) is 0 Å². The Bertz CT molecular complexity index is 1050. The molecule has 0 bridgehead atoms. The van der Waals surface area contributed by atoms with Gasteiger partial charge in [0.05, 0.1) is 24.8 Å². The first-order chi connectivity index (χ1) is 13.2. The number of imidazole rings is 1. The van der Waals surface area contributed by atoms with Crippen molar-refractivity contribution in [2.75, 3.05) is 0 Å². The van der Waals surface area contributed by atoms with E-state index in [1.165, 1.54) is 12.5 Å². The van der Waals surface area contributed by atoms with Gasteiger partial charge in [0.2, 0.25) is 0 Å². The van der Waals surface area contributed by atoms with E-state index in [1.54, 1.807) is 23.7 Å². The van der Waals surface area contributed by atoms with E-state index in [2.05, 4.69) is 25.3 Å². The Morgan fingerprint density at radius 2 is 2.04 bits per heavy atom. The van der Waals surface area contributed by atoms with E-state index in [-0.39, 0.29) is 5.91 Å². The molecule has 0 aliphatic heterocycles. The van der Waals surface area contributed by atoms with E-state index in [4.69, 9.17) is 11.6 Å². The number of benzene rings is 1. The quantitative estimate of drug-likeness (QED) is 0.531. The zero-order valence-corrected chi connectivity index (χ0v) is 15.6. The number of pyridine rings is 1. The van der Waals surface area contributed by atoms with Gasteiger partial charge in [0.15, 0.2) is 0 Å². The molecule has 4 aromatic rings. The van der Waals surface area contributed by atoms with E-state index in [0.717, 1.165) is 27.4 Å². The van der Waals surface area contributed by atoms with Crippen LogP contribution in [0.15, 0.2) is 60.6 Å². The van der Waals surface area contributed by atoms with Crippen molar-refractivity contribution in [2.24, 2.45) is 0 Å². The maximum atomic E-state index is 11.9. The van der Waals surface area contributed by atoms with E-state index >= 15 is 0 Å². The zero-order valence-electron chi connectivity index (χ0n) is 14.0. The van der Waals surface area contributed by atoms with Gasteiger partial charge < -0.3 is 10.3 Å². The molecule has 134 valence electrons. The largest absolute Gasteiger partial charge is 0.345 e. The molecule has 1 aromatic carbocycles. The van der Waals surface area contributed by atoms with Crippen molar-refractivity contribution in [3.8, 4) is 21.7 Å². The minimum atomic E-state index is -0.224. The Balaban J connectivity index is 1.50. The van der Waals surface area contributed by atoms with Gasteiger partial charge in [-0.05, 0) is 18.2 Å². The number of aromatic amines is 1. The third-order valence-electron chi connectivity index (χ3n) is 3.95. The van der Waals surface area contributed by atoms with Crippen molar-refractivity contribution in [2.45, 2.75) is 6.54 Å². The summed E-state index contributed by atoms with van der Waals surface area (Å²) in [5, 5.41) is 6.33. The first kappa shape index (κ1) is 17.4. The number of thiazole rings is 1. The summed E-state index contributed by atoms with van der Waals surface area (Å²) < 4.78 is 0. The number of amides is 1. The van der Waals surface area contributed by atoms with Gasteiger partial charge in [0.1, 0.15) is 10.7 Å². The second-order valence-corrected chi connectivity index (χ2v) is 7.02. The summed E-state index contributed by atoms with van der Waals surface area (Å²) in [6, 6.07) is 9.65. The van der Waals surface area contributed by atoms with Crippen molar-refractivity contribution in [3.63, 3.8) is 0 Å². The van der Waals surface area contributed by atoms with Gasteiger partial charge in [-0.3, -0.25) is 9.78 Å². The Labute approximate surface area is 164 Å². The van der Waals surface area contributed by atoms with E-state index < -0.39 is 0 Å². The molecule has 0 unspecified atom stereocenters. The molecule has 0 saturated heterocycles. The minimum absolute atomic E-state index is 0.224. The third-order valence-corrected chi connectivity index (χ3v) is 5.11. The number of hydrogen-bond acceptors (Lipinski definition) is 5. The molecule has 3 heterocycles. The van der Waals surface area contributed by atoms with Crippen LogP contribution in [0.4, 0.5) is 0 Å². The molecule has 0 saturated carbocycles. The van der Waals surface area contributed by atoms with E-state index in [0.29, 0.717) is 17.3 Å². The fourth-order valence-corrected chi connectivity index (χ4v) is 3.44. The average molecular weight is 396 g/mol. The maximum absolute atomic E-state index is 11.9. The highest BCUT2D eigenvalue weighted by Gasteiger charge is 2.10. The van der Waals surface area contributed by atoms with Crippen LogP contribution in [0.2, 0.25) is 5.02 Å². The lowest BCUT2D eigenvalue weighted by atomic mass is 10.0. The second-order valence-electron chi connectivity index (χ2n) is 5.72. The van der Waals surface area contributed by atoms with Crippen LogP contribution in [0.25, 0.3) is 21.7 Å². The Hall–Kier alpha value is -3.03. The molecule has 2 N–H and O–H groups in total. The topological polar surface area (TPSA) is 83.6 Å². The van der Waals surface area contributed by atoms with Crippen molar-refractivity contribution in [1.29, 1.82) is 0 Å². The van der Waals surface area contributed by atoms with Crippen LogP contribution in [-0.4, -0.2) is 25.8 Å². The molecule has 8 heteroatoms. The van der Waals surface area contributed by atoms with Crippen LogP contribution in [0.1, 0.15) is 16.2 Å². The first-order valence-electron chi connectivity index (χ1n) is 8.12. The van der Waals surface area contributed by atoms with Crippen LogP contribution in [-0.2, 0) is 6.54 Å². The van der Waals surface area contributed by atoms with Gasteiger partial charge >= 0.3 is 0 Å². The van der Waals surface area contributed by atoms with Gasteiger partial charge in [-0.25, -0.2) is 9.97 Å². The predicted octanol–water partition coefficient (Wildman–Crippen LogP) is 4.18. The summed E-state index contributed by atoms with van der Waals surface area (Å²) in [5.74, 6) is -0.224. The van der Waals surface area contributed by atoms with Gasteiger partial charge in [-0.1, -0.05) is 23.7 Å². The predicted molar refractivity (Wildman–Crippen MR) is 106 cm³/mol. The molecule has 27 heavy (non-hydrogen) atoms. The lowest BCUT2D eigenvalue weighted by molar-refractivity contribution is 0.0946. The summed E-state index contributed by atoms with van der Waals surface area (Å²) in [5.41, 5.74) is 3.98. The summed E-state index contributed by atoms with van der Waals surface area (Å²) in [6.07, 6.45) is 6.47. The second kappa shape index (κ2) is 7.69. The zero-order chi connectivity index (χ0) is 18.6. The molecule has 3 aromatic heterocycles. The van der Waals surface area contributed by atoms with Gasteiger partial charge in [-0.15, -0.1) is 11.3 Å². The van der Waals surface area contributed by atoms with E-state index in [1.807, 2.05) is 35.7 Å². The summed E-state index contributed by atoms with van der Waals surface area (Å²) in [4.78, 5) is 27.3. The molecule has 0 atom stereocenters. The molecule has 0 radical (unpaired) electrons. The number of aromatic nitrogens is 4. The fraction of sp³-hybridized carbons (Fsp3) is 0.0526. The number of rotatable bonds is 5. The highest BCUT2D eigenvalue weighted by molar-refractivity contribution is 7.13. The summed E-state index contributed by atoms with van der Waals surface area (Å²) in [6.45, 7) is 0.324. The number of H-pyrrole nitrogens is 1. The standard InChI is InChI=1S/C19H14ClN5OS/c20-16-4-2-12(19-22-5-6-27-19)7-15(16)13-1-3-14(23-8-13)9-24-18(26)17-10-21-11-25-17/h1-8,10-11H,9H2,(H,21,25)(H,24,26). The first-order valence-corrected chi connectivity index (χ1v) is 9.38. The fourth-order valence-electron chi connectivity index (χ4n) is 2.58. The number of nitrogens with one attached hydrogen (secondary N) is 2. The summed E-state index contributed by atoms with van der Waals surface area (Å²) in [7, 11) is 0. The maximum Gasteiger partial charge on any atom is 0.269 e. The molecule has 1 amide bonds. The highest BCUT2D eigenvalue weighted by Crippen LogP contribution is 2.32.